The van der Waals surface area contributed by atoms with Crippen molar-refractivity contribution in [1.29, 1.82) is 0 Å². The van der Waals surface area contributed by atoms with Gasteiger partial charge in [0.15, 0.2) is 5.13 Å². The summed E-state index contributed by atoms with van der Waals surface area (Å²) >= 11 is 1.57. The molecule has 1 aromatic carbocycles. The maximum atomic E-state index is 6.32. The number of ether oxygens (including phenoxy) is 2. The van der Waals surface area contributed by atoms with Gasteiger partial charge in [0.25, 0.3) is 6.02 Å². The average Bonchev–Trinajstić information content (AvgIpc) is 3.31. The highest BCUT2D eigenvalue weighted by Gasteiger charge is 2.51. The summed E-state index contributed by atoms with van der Waals surface area (Å²) in [4.78, 5) is 11.8. The molecule has 0 radical (unpaired) electrons. The Kier molecular flexibility index (Phi) is 3.86. The number of thiazole rings is 1. The fraction of sp³-hybridized carbons (Fsp3) is 0.474. The number of amidine groups is 1. The Morgan fingerprint density at radius 1 is 1.27 bits per heavy atom. The van der Waals surface area contributed by atoms with Crippen molar-refractivity contribution >= 4 is 22.5 Å². The third-order valence-electron chi connectivity index (χ3n) is 5.72. The van der Waals surface area contributed by atoms with Gasteiger partial charge in [0.05, 0.1) is 19.3 Å². The molecule has 1 atom stereocenters. The van der Waals surface area contributed by atoms with E-state index in [1.54, 1.807) is 18.4 Å². The van der Waals surface area contributed by atoms with Gasteiger partial charge >= 0.3 is 0 Å². The third kappa shape index (κ3) is 2.75. The molecule has 3 saturated heterocycles. The summed E-state index contributed by atoms with van der Waals surface area (Å²) < 4.78 is 11.5. The van der Waals surface area contributed by atoms with Gasteiger partial charge in [0.2, 0.25) is 0 Å². The fourth-order valence-electron chi connectivity index (χ4n) is 4.26. The second-order valence-corrected chi connectivity index (χ2v) is 8.09. The van der Waals surface area contributed by atoms with Crippen LogP contribution < -0.4 is 10.1 Å². The Balaban J connectivity index is 1.27. The summed E-state index contributed by atoms with van der Waals surface area (Å²) in [5, 5.41) is 6.13. The predicted molar refractivity (Wildman–Crippen MR) is 103 cm³/mol. The first-order valence-corrected chi connectivity index (χ1v) is 9.95. The Morgan fingerprint density at radius 2 is 2.08 bits per heavy atom. The molecule has 1 N–H and O–H groups in total. The standard InChI is InChI=1S/C19H22N4O2S/c1-24-15-4-2-13(3-5-15)16-10-26-18(21-16)22-17-20-11-19(25-17)12-23-8-6-14(19)7-9-23/h2-5,10,14H,6-9,11-12H2,1H3,(H,20,21,22)/t19-/m0/s1. The topological polar surface area (TPSA) is 59.0 Å². The molecular formula is C19H22N4O2S. The van der Waals surface area contributed by atoms with Crippen LogP contribution in [0.4, 0.5) is 5.13 Å². The van der Waals surface area contributed by atoms with E-state index in [1.807, 2.05) is 29.6 Å². The van der Waals surface area contributed by atoms with E-state index in [4.69, 9.17) is 9.47 Å². The van der Waals surface area contributed by atoms with Crippen LogP contribution in [0, 0.1) is 5.92 Å². The summed E-state index contributed by atoms with van der Waals surface area (Å²) in [6.07, 6.45) is 2.45. The second-order valence-electron chi connectivity index (χ2n) is 7.23. The lowest BCUT2D eigenvalue weighted by atomic mass is 9.75. The van der Waals surface area contributed by atoms with Crippen molar-refractivity contribution in [3.05, 3.63) is 29.6 Å². The zero-order chi connectivity index (χ0) is 17.6. The first kappa shape index (κ1) is 16.1. The number of fused-ring (bicyclic) bond motifs is 2. The number of benzene rings is 1. The van der Waals surface area contributed by atoms with Crippen LogP contribution in [0.15, 0.2) is 34.6 Å². The summed E-state index contributed by atoms with van der Waals surface area (Å²) in [5.41, 5.74) is 1.89. The maximum Gasteiger partial charge on any atom is 0.291 e. The lowest BCUT2D eigenvalue weighted by molar-refractivity contribution is -0.0829. The fourth-order valence-corrected chi connectivity index (χ4v) is 4.97. The first-order chi connectivity index (χ1) is 12.7. The number of hydrogen-bond donors (Lipinski definition) is 1. The van der Waals surface area contributed by atoms with Crippen molar-refractivity contribution < 1.29 is 9.47 Å². The van der Waals surface area contributed by atoms with Crippen LogP contribution in [0.5, 0.6) is 5.75 Å². The first-order valence-electron chi connectivity index (χ1n) is 9.07. The smallest absolute Gasteiger partial charge is 0.291 e. The lowest BCUT2D eigenvalue weighted by Crippen LogP contribution is -2.61. The van der Waals surface area contributed by atoms with Gasteiger partial charge in [0, 0.05) is 23.4 Å². The number of aromatic nitrogens is 1. The van der Waals surface area contributed by atoms with E-state index in [2.05, 4.69) is 20.2 Å². The van der Waals surface area contributed by atoms with E-state index >= 15 is 0 Å². The van der Waals surface area contributed by atoms with Crippen LogP contribution >= 0.6 is 11.3 Å². The van der Waals surface area contributed by atoms with Crippen molar-refractivity contribution in [3.8, 4) is 17.0 Å². The number of nitrogens with one attached hydrogen (secondary N) is 1. The van der Waals surface area contributed by atoms with Crippen molar-refractivity contribution in [2.24, 2.45) is 10.9 Å². The molecule has 0 amide bonds. The molecule has 136 valence electrons. The highest BCUT2D eigenvalue weighted by Crippen LogP contribution is 2.41. The van der Waals surface area contributed by atoms with E-state index in [-0.39, 0.29) is 5.60 Å². The van der Waals surface area contributed by atoms with Gasteiger partial charge in [-0.25, -0.2) is 9.98 Å². The number of piperidine rings is 3. The van der Waals surface area contributed by atoms with Crippen LogP contribution in [0.2, 0.25) is 0 Å². The van der Waals surface area contributed by atoms with Crippen LogP contribution in [0.1, 0.15) is 12.8 Å². The summed E-state index contributed by atoms with van der Waals surface area (Å²) in [5.74, 6) is 1.47. The molecule has 6 nitrogen and oxygen atoms in total. The van der Waals surface area contributed by atoms with Gasteiger partial charge in [-0.3, -0.25) is 10.2 Å². The minimum Gasteiger partial charge on any atom is -0.497 e. The minimum absolute atomic E-state index is 0.116. The Bertz CT molecular complexity index is 826. The third-order valence-corrected chi connectivity index (χ3v) is 6.47. The normalized spacial score (nSPS) is 29.5. The SMILES string of the molecule is COc1ccc(-c2csc(NC3=NC[C@@]4(CN5CCC4CC5)O3)n2)cc1. The Morgan fingerprint density at radius 3 is 2.77 bits per heavy atom. The molecule has 2 bridgehead atoms. The maximum absolute atomic E-state index is 6.32. The minimum atomic E-state index is -0.116. The second kappa shape index (κ2) is 6.25. The monoisotopic (exact) mass is 370 g/mol. The number of anilines is 1. The zero-order valence-corrected chi connectivity index (χ0v) is 15.6. The molecule has 4 aliphatic heterocycles. The van der Waals surface area contributed by atoms with Crippen LogP contribution in [-0.4, -0.2) is 54.8 Å². The van der Waals surface area contributed by atoms with Crippen molar-refractivity contribution in [2.45, 2.75) is 18.4 Å². The quantitative estimate of drug-likeness (QED) is 0.900. The molecule has 1 spiro atoms. The number of methoxy groups -OCH3 is 1. The van der Waals surface area contributed by atoms with Crippen LogP contribution in [-0.2, 0) is 4.74 Å². The van der Waals surface area contributed by atoms with Gasteiger partial charge < -0.3 is 9.47 Å². The van der Waals surface area contributed by atoms with Gasteiger partial charge in [0.1, 0.15) is 11.4 Å². The van der Waals surface area contributed by atoms with E-state index in [9.17, 15) is 0 Å². The van der Waals surface area contributed by atoms with Crippen LogP contribution in [0.25, 0.3) is 11.3 Å². The summed E-state index contributed by atoms with van der Waals surface area (Å²) in [7, 11) is 1.67. The molecule has 26 heavy (non-hydrogen) atoms. The largest absolute Gasteiger partial charge is 0.497 e. The van der Waals surface area contributed by atoms with Crippen LogP contribution in [0.3, 0.4) is 0 Å². The molecule has 0 saturated carbocycles. The number of rotatable bonds is 3. The van der Waals surface area contributed by atoms with Gasteiger partial charge in [-0.15, -0.1) is 11.3 Å². The molecule has 5 heterocycles. The summed E-state index contributed by atoms with van der Waals surface area (Å²) in [6, 6.07) is 8.55. The van der Waals surface area contributed by atoms with Gasteiger partial charge in [-0.1, -0.05) is 0 Å². The van der Waals surface area contributed by atoms with Crippen molar-refractivity contribution in [3.63, 3.8) is 0 Å². The Labute approximate surface area is 156 Å². The predicted octanol–water partition coefficient (Wildman–Crippen LogP) is 3.08. The molecule has 0 aliphatic carbocycles. The average molecular weight is 370 g/mol. The molecule has 4 aliphatic rings. The number of nitrogens with zero attached hydrogens (tertiary/aromatic N) is 3. The molecule has 3 fully saturated rings. The van der Waals surface area contributed by atoms with Gasteiger partial charge in [-0.05, 0) is 50.2 Å². The summed E-state index contributed by atoms with van der Waals surface area (Å²) in [6.45, 7) is 4.17. The molecule has 2 aromatic rings. The molecule has 7 heteroatoms. The highest BCUT2D eigenvalue weighted by atomic mass is 32.1. The van der Waals surface area contributed by atoms with E-state index < -0.39 is 0 Å². The highest BCUT2D eigenvalue weighted by molar-refractivity contribution is 7.14. The molecular weight excluding hydrogens is 348 g/mol. The number of aliphatic imine (C=N–C) groups is 1. The molecule has 6 rings (SSSR count). The Hall–Kier alpha value is -2.12. The molecule has 1 aromatic heterocycles. The van der Waals surface area contributed by atoms with Gasteiger partial charge in [-0.2, -0.15) is 0 Å². The van der Waals surface area contributed by atoms with Crippen molar-refractivity contribution in [1.82, 2.24) is 9.88 Å². The van der Waals surface area contributed by atoms with E-state index in [1.165, 1.54) is 25.9 Å². The van der Waals surface area contributed by atoms with Crippen molar-refractivity contribution in [2.75, 3.05) is 38.6 Å². The zero-order valence-electron chi connectivity index (χ0n) is 14.8. The lowest BCUT2D eigenvalue weighted by Gasteiger charge is -2.50. The van der Waals surface area contributed by atoms with E-state index in [0.717, 1.165) is 35.2 Å². The number of hydrogen-bond acceptors (Lipinski definition) is 7. The van der Waals surface area contributed by atoms with E-state index in [0.29, 0.717) is 11.9 Å². The molecule has 0 unspecified atom stereocenters.